The molecular weight excluding hydrogens is 258 g/mol. The molecule has 0 spiro atoms. The van der Waals surface area contributed by atoms with Crippen LogP contribution in [0.15, 0.2) is 36.0 Å². The fourth-order valence-corrected chi connectivity index (χ4v) is 2.13. The molecular formula is C12H12ClNO2S. The van der Waals surface area contributed by atoms with Gasteiger partial charge in [0.2, 0.25) is 0 Å². The van der Waals surface area contributed by atoms with Crippen molar-refractivity contribution in [2.24, 2.45) is 11.1 Å². The molecule has 90 valence electrons. The van der Waals surface area contributed by atoms with Gasteiger partial charge < -0.3 is 0 Å². The number of hydrogen-bond donors (Lipinski definition) is 0. The number of amides is 1. The second-order valence-corrected chi connectivity index (χ2v) is 5.12. The van der Waals surface area contributed by atoms with Gasteiger partial charge in [-0.2, -0.15) is 0 Å². The normalized spacial score (nSPS) is 11.9. The highest BCUT2D eigenvalue weighted by Gasteiger charge is 2.14. The van der Waals surface area contributed by atoms with Gasteiger partial charge in [0, 0.05) is 20.9 Å². The molecule has 1 aromatic rings. The lowest BCUT2D eigenvalue weighted by molar-refractivity contribution is -0.120. The minimum Gasteiger partial charge on any atom is -0.269 e. The SMILES string of the molecule is C=C(SCC(C)C(=O)N=O)c1ccc(Cl)cc1. The third kappa shape index (κ3) is 4.32. The third-order valence-corrected chi connectivity index (χ3v) is 3.69. The molecule has 0 saturated heterocycles. The average Bonchev–Trinajstić information content (AvgIpc) is 2.35. The maximum Gasteiger partial charge on any atom is 0.289 e. The molecule has 0 aliphatic heterocycles. The summed E-state index contributed by atoms with van der Waals surface area (Å²) >= 11 is 7.21. The van der Waals surface area contributed by atoms with Gasteiger partial charge in [-0.15, -0.1) is 16.7 Å². The minimum atomic E-state index is -0.624. The molecule has 1 aromatic carbocycles. The Labute approximate surface area is 109 Å². The van der Waals surface area contributed by atoms with E-state index in [-0.39, 0.29) is 5.92 Å². The molecule has 0 radical (unpaired) electrons. The van der Waals surface area contributed by atoms with Crippen LogP contribution in [0.2, 0.25) is 5.02 Å². The fraction of sp³-hybridized carbons (Fsp3) is 0.250. The maximum atomic E-state index is 11.0. The van der Waals surface area contributed by atoms with Crippen molar-refractivity contribution in [3.05, 3.63) is 46.3 Å². The summed E-state index contributed by atoms with van der Waals surface area (Å²) in [5.41, 5.74) is 0.957. The molecule has 0 heterocycles. The zero-order valence-corrected chi connectivity index (χ0v) is 10.9. The Kier molecular flexibility index (Phi) is 5.38. The van der Waals surface area contributed by atoms with Crippen molar-refractivity contribution in [1.29, 1.82) is 0 Å². The molecule has 0 fully saturated rings. The van der Waals surface area contributed by atoms with Crippen molar-refractivity contribution in [3.63, 3.8) is 0 Å². The number of nitrogens with zero attached hydrogens (tertiary/aromatic N) is 1. The highest BCUT2D eigenvalue weighted by molar-refractivity contribution is 8.08. The number of nitroso groups, excluding NO2 is 1. The van der Waals surface area contributed by atoms with Crippen molar-refractivity contribution in [2.45, 2.75) is 6.92 Å². The zero-order chi connectivity index (χ0) is 12.8. The third-order valence-electron chi connectivity index (χ3n) is 2.19. The number of rotatable bonds is 5. The van der Waals surface area contributed by atoms with Gasteiger partial charge in [-0.25, -0.2) is 0 Å². The van der Waals surface area contributed by atoms with Crippen LogP contribution in [0.5, 0.6) is 0 Å². The Balaban J connectivity index is 2.53. The summed E-state index contributed by atoms with van der Waals surface area (Å²) in [4.78, 5) is 21.9. The molecule has 5 heteroatoms. The lowest BCUT2D eigenvalue weighted by atomic mass is 10.2. The van der Waals surface area contributed by atoms with Gasteiger partial charge in [-0.05, 0) is 17.7 Å². The standard InChI is InChI=1S/C12H12ClNO2S/c1-8(12(15)14-16)7-17-9(2)10-3-5-11(13)6-4-10/h3-6,8H,2,7H2,1H3. The molecule has 0 N–H and O–H groups in total. The van der Waals surface area contributed by atoms with Crippen LogP contribution in [0.25, 0.3) is 4.91 Å². The van der Waals surface area contributed by atoms with Crippen molar-refractivity contribution < 1.29 is 4.79 Å². The van der Waals surface area contributed by atoms with Gasteiger partial charge in [0.15, 0.2) is 0 Å². The monoisotopic (exact) mass is 269 g/mol. The summed E-state index contributed by atoms with van der Waals surface area (Å²) in [6.45, 7) is 5.58. The Bertz CT molecular complexity index is 431. The van der Waals surface area contributed by atoms with E-state index < -0.39 is 5.91 Å². The Morgan fingerprint density at radius 1 is 1.47 bits per heavy atom. The van der Waals surface area contributed by atoms with Crippen LogP contribution in [-0.4, -0.2) is 11.7 Å². The number of benzene rings is 1. The molecule has 3 nitrogen and oxygen atoms in total. The summed E-state index contributed by atoms with van der Waals surface area (Å²) in [7, 11) is 0. The number of thioether (sulfide) groups is 1. The van der Waals surface area contributed by atoms with Crippen LogP contribution >= 0.6 is 23.4 Å². The van der Waals surface area contributed by atoms with Gasteiger partial charge in [-0.1, -0.05) is 37.2 Å². The van der Waals surface area contributed by atoms with Gasteiger partial charge in [0.1, 0.15) is 0 Å². The van der Waals surface area contributed by atoms with Crippen LogP contribution in [0.1, 0.15) is 12.5 Å². The van der Waals surface area contributed by atoms with E-state index in [0.717, 1.165) is 10.5 Å². The van der Waals surface area contributed by atoms with Gasteiger partial charge >= 0.3 is 0 Å². The van der Waals surface area contributed by atoms with Crippen LogP contribution in [-0.2, 0) is 4.79 Å². The summed E-state index contributed by atoms with van der Waals surface area (Å²) in [6, 6.07) is 7.29. The molecule has 1 amide bonds. The van der Waals surface area contributed by atoms with E-state index in [1.807, 2.05) is 12.1 Å². The molecule has 0 bridgehead atoms. The van der Waals surface area contributed by atoms with E-state index in [1.165, 1.54) is 11.8 Å². The topological polar surface area (TPSA) is 46.5 Å². The number of hydrogen-bond acceptors (Lipinski definition) is 3. The van der Waals surface area contributed by atoms with Gasteiger partial charge in [0.25, 0.3) is 5.91 Å². The second kappa shape index (κ2) is 6.57. The zero-order valence-electron chi connectivity index (χ0n) is 9.35. The van der Waals surface area contributed by atoms with E-state index in [9.17, 15) is 9.70 Å². The lowest BCUT2D eigenvalue weighted by Crippen LogP contribution is -2.09. The first kappa shape index (κ1) is 13.9. The quantitative estimate of drug-likeness (QED) is 0.760. The number of carbonyl (C=O) groups excluding carboxylic acids is 1. The fourth-order valence-electron chi connectivity index (χ4n) is 1.11. The predicted molar refractivity (Wildman–Crippen MR) is 72.9 cm³/mol. The highest BCUT2D eigenvalue weighted by Crippen LogP contribution is 2.28. The lowest BCUT2D eigenvalue weighted by Gasteiger charge is -2.08. The van der Waals surface area contributed by atoms with E-state index >= 15 is 0 Å². The first-order valence-electron chi connectivity index (χ1n) is 4.99. The molecule has 0 saturated carbocycles. The molecule has 1 rings (SSSR count). The van der Waals surface area contributed by atoms with Crippen LogP contribution in [0.4, 0.5) is 0 Å². The highest BCUT2D eigenvalue weighted by atomic mass is 35.5. The van der Waals surface area contributed by atoms with E-state index in [4.69, 9.17) is 11.6 Å². The van der Waals surface area contributed by atoms with Crippen LogP contribution < -0.4 is 0 Å². The van der Waals surface area contributed by atoms with Crippen molar-refractivity contribution in [3.8, 4) is 0 Å². The first-order valence-corrected chi connectivity index (χ1v) is 6.35. The molecule has 0 aromatic heterocycles. The summed E-state index contributed by atoms with van der Waals surface area (Å²) in [5, 5.41) is 3.07. The molecule has 0 aliphatic rings. The largest absolute Gasteiger partial charge is 0.289 e. The smallest absolute Gasteiger partial charge is 0.269 e. The molecule has 0 aliphatic carbocycles. The van der Waals surface area contributed by atoms with Crippen molar-refractivity contribution in [1.82, 2.24) is 0 Å². The number of carbonyl (C=O) groups is 1. The van der Waals surface area contributed by atoms with Crippen molar-refractivity contribution >= 4 is 34.2 Å². The van der Waals surface area contributed by atoms with E-state index in [0.29, 0.717) is 10.8 Å². The Morgan fingerprint density at radius 3 is 2.59 bits per heavy atom. The Morgan fingerprint density at radius 2 is 2.06 bits per heavy atom. The van der Waals surface area contributed by atoms with E-state index in [1.54, 1.807) is 19.1 Å². The first-order chi connectivity index (χ1) is 8.04. The summed E-state index contributed by atoms with van der Waals surface area (Å²) in [5.74, 6) is -0.519. The minimum absolute atomic E-state index is 0.387. The van der Waals surface area contributed by atoms with Gasteiger partial charge in [-0.3, -0.25) is 4.79 Å². The second-order valence-electron chi connectivity index (χ2n) is 3.57. The molecule has 17 heavy (non-hydrogen) atoms. The van der Waals surface area contributed by atoms with Crippen LogP contribution in [0.3, 0.4) is 0 Å². The maximum absolute atomic E-state index is 11.0. The van der Waals surface area contributed by atoms with Crippen LogP contribution in [0, 0.1) is 10.8 Å². The summed E-state index contributed by atoms with van der Waals surface area (Å²) in [6.07, 6.45) is 0. The predicted octanol–water partition coefficient (Wildman–Crippen LogP) is 3.97. The average molecular weight is 270 g/mol. The summed E-state index contributed by atoms with van der Waals surface area (Å²) < 4.78 is 0. The van der Waals surface area contributed by atoms with E-state index in [2.05, 4.69) is 11.8 Å². The molecule has 1 atom stereocenters. The number of halogens is 1. The molecule has 1 unspecified atom stereocenters. The van der Waals surface area contributed by atoms with Crippen molar-refractivity contribution in [2.75, 3.05) is 5.75 Å². The van der Waals surface area contributed by atoms with Gasteiger partial charge in [0.05, 0.1) is 5.92 Å². The Hall–Kier alpha value is -1.13.